The molecule has 0 aliphatic heterocycles. The number of hydrogen-bond acceptors (Lipinski definition) is 1. The fourth-order valence-corrected chi connectivity index (χ4v) is 1.39. The minimum absolute atomic E-state index is 0.837. The van der Waals surface area contributed by atoms with Gasteiger partial charge in [0.15, 0.2) is 0 Å². The Morgan fingerprint density at radius 1 is 1.10 bits per heavy atom. The van der Waals surface area contributed by atoms with Gasteiger partial charge in [0.1, 0.15) is 0 Å². The molecule has 0 unspecified atom stereocenters. The highest BCUT2D eigenvalue weighted by molar-refractivity contribution is 4.68. The highest BCUT2D eigenvalue weighted by atomic mass is 14.9. The standard InChI is InChI=1S/C7H15N.C2H4/c1-8-7-5-3-2-4-6-7;1-2/h7-8H,2-6H2,1H3;1-2H2. The quantitative estimate of drug-likeness (QED) is 0.553. The lowest BCUT2D eigenvalue weighted by Crippen LogP contribution is -2.26. The molecule has 1 aliphatic rings. The van der Waals surface area contributed by atoms with E-state index in [1.807, 2.05) is 0 Å². The van der Waals surface area contributed by atoms with Gasteiger partial charge in [0, 0.05) is 6.04 Å². The fourth-order valence-electron chi connectivity index (χ4n) is 1.39. The van der Waals surface area contributed by atoms with E-state index in [1.54, 1.807) is 0 Å². The van der Waals surface area contributed by atoms with Gasteiger partial charge in [-0.3, -0.25) is 0 Å². The van der Waals surface area contributed by atoms with Gasteiger partial charge >= 0.3 is 0 Å². The molecule has 0 amide bonds. The summed E-state index contributed by atoms with van der Waals surface area (Å²) in [7, 11) is 2.07. The lowest BCUT2D eigenvalue weighted by Gasteiger charge is -2.20. The minimum Gasteiger partial charge on any atom is -0.317 e. The van der Waals surface area contributed by atoms with Crippen molar-refractivity contribution in [2.24, 2.45) is 0 Å². The highest BCUT2D eigenvalue weighted by Crippen LogP contribution is 2.16. The topological polar surface area (TPSA) is 12.0 Å². The first-order valence-electron chi connectivity index (χ1n) is 4.11. The van der Waals surface area contributed by atoms with Crippen LogP contribution in [0, 0.1) is 0 Å². The van der Waals surface area contributed by atoms with E-state index in [2.05, 4.69) is 25.5 Å². The summed E-state index contributed by atoms with van der Waals surface area (Å²) in [5, 5.41) is 3.30. The average Bonchev–Trinajstić information content (AvgIpc) is 2.10. The Morgan fingerprint density at radius 3 is 1.90 bits per heavy atom. The maximum absolute atomic E-state index is 3.30. The first-order chi connectivity index (χ1) is 4.93. The van der Waals surface area contributed by atoms with Gasteiger partial charge in [0.05, 0.1) is 0 Å². The molecule has 0 atom stereocenters. The van der Waals surface area contributed by atoms with E-state index >= 15 is 0 Å². The van der Waals surface area contributed by atoms with Gasteiger partial charge in [0.25, 0.3) is 0 Å². The second-order valence-corrected chi connectivity index (χ2v) is 2.62. The lowest BCUT2D eigenvalue weighted by molar-refractivity contribution is 0.394. The normalized spacial score (nSPS) is 19.3. The molecule has 10 heavy (non-hydrogen) atoms. The first kappa shape index (κ1) is 9.70. The van der Waals surface area contributed by atoms with Gasteiger partial charge in [-0.2, -0.15) is 0 Å². The predicted molar refractivity (Wildman–Crippen MR) is 47.2 cm³/mol. The van der Waals surface area contributed by atoms with Crippen molar-refractivity contribution in [3.8, 4) is 0 Å². The second kappa shape index (κ2) is 6.81. The van der Waals surface area contributed by atoms with Gasteiger partial charge in [-0.1, -0.05) is 19.3 Å². The van der Waals surface area contributed by atoms with Crippen molar-refractivity contribution in [3.63, 3.8) is 0 Å². The molecule has 0 aromatic carbocycles. The van der Waals surface area contributed by atoms with Crippen molar-refractivity contribution in [2.45, 2.75) is 38.1 Å². The summed E-state index contributed by atoms with van der Waals surface area (Å²) in [5.41, 5.74) is 0. The summed E-state index contributed by atoms with van der Waals surface area (Å²) >= 11 is 0. The Labute approximate surface area is 64.5 Å². The fraction of sp³-hybridized carbons (Fsp3) is 0.778. The zero-order chi connectivity index (χ0) is 7.82. The van der Waals surface area contributed by atoms with Crippen molar-refractivity contribution in [2.75, 3.05) is 7.05 Å². The largest absolute Gasteiger partial charge is 0.317 e. The SMILES string of the molecule is C=C.CNC1CCCCC1. The molecule has 60 valence electrons. The third-order valence-corrected chi connectivity index (χ3v) is 2.01. The summed E-state index contributed by atoms with van der Waals surface area (Å²) in [6, 6.07) is 0.837. The average molecular weight is 141 g/mol. The van der Waals surface area contributed by atoms with Crippen LogP contribution in [0.1, 0.15) is 32.1 Å². The second-order valence-electron chi connectivity index (χ2n) is 2.62. The summed E-state index contributed by atoms with van der Waals surface area (Å²) in [5.74, 6) is 0. The van der Waals surface area contributed by atoms with Crippen molar-refractivity contribution in [1.29, 1.82) is 0 Å². The molecule has 0 aromatic heterocycles. The van der Waals surface area contributed by atoms with Crippen LogP contribution in [0.25, 0.3) is 0 Å². The minimum atomic E-state index is 0.837. The van der Waals surface area contributed by atoms with Crippen LogP contribution in [0.5, 0.6) is 0 Å². The highest BCUT2D eigenvalue weighted by Gasteiger charge is 2.09. The molecule has 0 aromatic rings. The molecule has 0 spiro atoms. The van der Waals surface area contributed by atoms with Crippen LogP contribution in [0.2, 0.25) is 0 Å². The molecule has 0 radical (unpaired) electrons. The summed E-state index contributed by atoms with van der Waals surface area (Å²) in [4.78, 5) is 0. The molecule has 1 nitrogen and oxygen atoms in total. The molecule has 1 rings (SSSR count). The maximum Gasteiger partial charge on any atom is 0.00640 e. The molecule has 1 N–H and O–H groups in total. The van der Waals surface area contributed by atoms with Gasteiger partial charge in [-0.25, -0.2) is 0 Å². The number of hydrogen-bond donors (Lipinski definition) is 1. The Kier molecular flexibility index (Phi) is 6.61. The van der Waals surface area contributed by atoms with Crippen LogP contribution in [0.4, 0.5) is 0 Å². The molecule has 0 bridgehead atoms. The van der Waals surface area contributed by atoms with Crippen molar-refractivity contribution >= 4 is 0 Å². The molecular formula is C9H19N. The van der Waals surface area contributed by atoms with Gasteiger partial charge in [0.2, 0.25) is 0 Å². The van der Waals surface area contributed by atoms with Crippen LogP contribution in [0.3, 0.4) is 0 Å². The number of nitrogens with one attached hydrogen (secondary N) is 1. The molecular weight excluding hydrogens is 122 g/mol. The lowest BCUT2D eigenvalue weighted by atomic mass is 9.96. The zero-order valence-electron chi connectivity index (χ0n) is 7.03. The van der Waals surface area contributed by atoms with Gasteiger partial charge < -0.3 is 5.32 Å². The van der Waals surface area contributed by atoms with E-state index in [0.717, 1.165) is 6.04 Å². The molecule has 1 saturated carbocycles. The van der Waals surface area contributed by atoms with Crippen LogP contribution >= 0.6 is 0 Å². The molecule has 0 heterocycles. The Balaban J connectivity index is 0.000000371. The van der Waals surface area contributed by atoms with E-state index in [0.29, 0.717) is 0 Å². The molecule has 0 saturated heterocycles. The zero-order valence-corrected chi connectivity index (χ0v) is 7.03. The van der Waals surface area contributed by atoms with Gasteiger partial charge in [-0.05, 0) is 19.9 Å². The predicted octanol–water partition coefficient (Wildman–Crippen LogP) is 2.34. The molecule has 1 heteroatoms. The van der Waals surface area contributed by atoms with Crippen LogP contribution < -0.4 is 5.32 Å². The third-order valence-electron chi connectivity index (χ3n) is 2.01. The van der Waals surface area contributed by atoms with Gasteiger partial charge in [-0.15, -0.1) is 13.2 Å². The maximum atomic E-state index is 3.30. The summed E-state index contributed by atoms with van der Waals surface area (Å²) in [6.45, 7) is 6.00. The van der Waals surface area contributed by atoms with Crippen LogP contribution in [-0.2, 0) is 0 Å². The van der Waals surface area contributed by atoms with E-state index < -0.39 is 0 Å². The summed E-state index contributed by atoms with van der Waals surface area (Å²) < 4.78 is 0. The monoisotopic (exact) mass is 141 g/mol. The Morgan fingerprint density at radius 2 is 1.60 bits per heavy atom. The Hall–Kier alpha value is -0.300. The van der Waals surface area contributed by atoms with E-state index in [4.69, 9.17) is 0 Å². The Bertz CT molecular complexity index is 65.1. The van der Waals surface area contributed by atoms with Crippen LogP contribution in [0.15, 0.2) is 13.2 Å². The number of rotatable bonds is 1. The third kappa shape index (κ3) is 3.67. The first-order valence-corrected chi connectivity index (χ1v) is 4.11. The molecule has 1 aliphatic carbocycles. The molecule has 1 fully saturated rings. The summed E-state index contributed by atoms with van der Waals surface area (Å²) in [6.07, 6.45) is 7.13. The van der Waals surface area contributed by atoms with E-state index in [-0.39, 0.29) is 0 Å². The van der Waals surface area contributed by atoms with E-state index in [9.17, 15) is 0 Å². The van der Waals surface area contributed by atoms with Crippen molar-refractivity contribution in [1.82, 2.24) is 5.32 Å². The smallest absolute Gasteiger partial charge is 0.00640 e. The van der Waals surface area contributed by atoms with Crippen molar-refractivity contribution in [3.05, 3.63) is 13.2 Å². The van der Waals surface area contributed by atoms with Crippen molar-refractivity contribution < 1.29 is 0 Å². The van der Waals surface area contributed by atoms with E-state index in [1.165, 1.54) is 32.1 Å². The van der Waals surface area contributed by atoms with Crippen LogP contribution in [-0.4, -0.2) is 13.1 Å².